The summed E-state index contributed by atoms with van der Waals surface area (Å²) in [6.45, 7) is 14.1. The van der Waals surface area contributed by atoms with E-state index in [4.69, 9.17) is 11.6 Å². The number of hydrogen-bond donors (Lipinski definition) is 1. The third-order valence-corrected chi connectivity index (χ3v) is 8.91. The lowest BCUT2D eigenvalue weighted by atomic mass is 9.87. The minimum absolute atomic E-state index is 0.0321. The molecule has 2 aliphatic heterocycles. The van der Waals surface area contributed by atoms with Crippen molar-refractivity contribution < 1.29 is 23.5 Å². The maximum Gasteiger partial charge on any atom is 0.321 e. The maximum atomic E-state index is 15.0. The Morgan fingerprint density at radius 3 is 2.25 bits per heavy atom. The average Bonchev–Trinajstić information content (AvgIpc) is 3.29. The van der Waals surface area contributed by atoms with Crippen LogP contribution in [0, 0.1) is 31.4 Å². The Hall–Kier alpha value is -2.55. The van der Waals surface area contributed by atoms with Crippen LogP contribution in [-0.4, -0.2) is 82.0 Å². The quantitative estimate of drug-likeness (QED) is 0.508. The first-order valence-corrected chi connectivity index (χ1v) is 14.3. The average molecular weight is 576 g/mol. The number of benzene rings is 2. The number of aliphatic carboxylic acids is 1. The van der Waals surface area contributed by atoms with E-state index in [0.717, 1.165) is 16.7 Å². The monoisotopic (exact) mass is 575 g/mol. The zero-order valence-electron chi connectivity index (χ0n) is 24.2. The van der Waals surface area contributed by atoms with Crippen LogP contribution >= 0.6 is 11.6 Å². The van der Waals surface area contributed by atoms with Crippen LogP contribution in [0.5, 0.6) is 0 Å². The summed E-state index contributed by atoms with van der Waals surface area (Å²) in [5.41, 5.74) is 2.61. The summed E-state index contributed by atoms with van der Waals surface area (Å²) >= 11 is 6.01. The number of halogens is 3. The zero-order chi connectivity index (χ0) is 29.5. The fraction of sp³-hybridized carbons (Fsp3) is 0.548. The molecule has 1 N–H and O–H groups in total. The van der Waals surface area contributed by atoms with Gasteiger partial charge in [0.05, 0.1) is 5.92 Å². The maximum absolute atomic E-state index is 15.0. The molecule has 0 saturated carbocycles. The number of rotatable bonds is 6. The minimum atomic E-state index is -0.940. The van der Waals surface area contributed by atoms with E-state index in [1.165, 1.54) is 18.2 Å². The van der Waals surface area contributed by atoms with Gasteiger partial charge in [-0.25, -0.2) is 8.78 Å². The number of nitrogens with zero attached hydrogens (tertiary/aromatic N) is 3. The molecule has 6 nitrogen and oxygen atoms in total. The smallest absolute Gasteiger partial charge is 0.321 e. The Morgan fingerprint density at radius 1 is 1.05 bits per heavy atom. The van der Waals surface area contributed by atoms with E-state index in [0.29, 0.717) is 43.3 Å². The normalized spacial score (nSPS) is 23.4. The molecule has 4 rings (SSSR count). The van der Waals surface area contributed by atoms with Crippen molar-refractivity contribution in [3.63, 3.8) is 0 Å². The highest BCUT2D eigenvalue weighted by atomic mass is 35.5. The fourth-order valence-electron chi connectivity index (χ4n) is 6.36. The molecule has 2 saturated heterocycles. The van der Waals surface area contributed by atoms with Gasteiger partial charge in [0.2, 0.25) is 5.91 Å². The van der Waals surface area contributed by atoms with Crippen molar-refractivity contribution in [3.05, 3.63) is 69.2 Å². The molecule has 0 aliphatic carbocycles. The largest absolute Gasteiger partial charge is 0.480 e. The Bertz CT molecular complexity index is 1260. The standard InChI is InChI=1S/C31H40ClF2N3O3/c1-18-11-22(33)12-19(2)24(18)14-28(30(39)40)35-9-10-37(20(3)15-35)29(38)26-17-36(31(4,5)6)16-25(26)23-8-7-21(32)13-27(23)34/h7-8,11-13,20,25-26,28H,9-10,14-17H2,1-6H3,(H,39,40)/t20-,25-,26+,28-/m0/s1. The number of piperazine rings is 1. The van der Waals surface area contributed by atoms with Crippen LogP contribution in [0.15, 0.2) is 30.3 Å². The molecule has 2 aromatic rings. The van der Waals surface area contributed by atoms with E-state index in [1.807, 2.05) is 16.7 Å². The fourth-order valence-corrected chi connectivity index (χ4v) is 6.52. The number of hydrogen-bond acceptors (Lipinski definition) is 4. The summed E-state index contributed by atoms with van der Waals surface area (Å²) in [5.74, 6) is -2.45. The molecular formula is C31H40ClF2N3O3. The number of carbonyl (C=O) groups excluding carboxylic acids is 1. The summed E-state index contributed by atoms with van der Waals surface area (Å²) in [6, 6.07) is 6.51. The molecule has 2 fully saturated rings. The van der Waals surface area contributed by atoms with E-state index in [2.05, 4.69) is 25.7 Å². The predicted octanol–water partition coefficient (Wildman–Crippen LogP) is 5.28. The van der Waals surface area contributed by atoms with Crippen molar-refractivity contribution in [3.8, 4) is 0 Å². The van der Waals surface area contributed by atoms with Crippen LogP contribution in [0.25, 0.3) is 0 Å². The minimum Gasteiger partial charge on any atom is -0.480 e. The summed E-state index contributed by atoms with van der Waals surface area (Å²) in [6.07, 6.45) is 0.259. The summed E-state index contributed by atoms with van der Waals surface area (Å²) in [7, 11) is 0. The van der Waals surface area contributed by atoms with Gasteiger partial charge in [0, 0.05) is 55.2 Å². The van der Waals surface area contributed by atoms with Gasteiger partial charge in [0.1, 0.15) is 17.7 Å². The van der Waals surface area contributed by atoms with Crippen LogP contribution in [0.4, 0.5) is 8.78 Å². The van der Waals surface area contributed by atoms with Gasteiger partial charge in [-0.15, -0.1) is 0 Å². The Kier molecular flexibility index (Phi) is 8.93. The van der Waals surface area contributed by atoms with Crippen molar-refractivity contribution in [1.82, 2.24) is 14.7 Å². The molecule has 2 aromatic carbocycles. The SMILES string of the molecule is Cc1cc(F)cc(C)c1C[C@@H](C(=O)O)N1CCN(C(=O)[C@@H]2CN(C(C)(C)C)C[C@H]2c2ccc(Cl)cc2F)[C@@H](C)C1. The number of carboxylic acid groups (broad SMARTS) is 1. The van der Waals surface area contributed by atoms with Gasteiger partial charge in [-0.3, -0.25) is 19.4 Å². The zero-order valence-corrected chi connectivity index (χ0v) is 24.9. The second kappa shape index (κ2) is 11.7. The lowest BCUT2D eigenvalue weighted by Gasteiger charge is -2.43. The first-order valence-electron chi connectivity index (χ1n) is 13.9. The van der Waals surface area contributed by atoms with Gasteiger partial charge >= 0.3 is 5.97 Å². The lowest BCUT2D eigenvalue weighted by molar-refractivity contribution is -0.147. The van der Waals surface area contributed by atoms with Gasteiger partial charge in [0.15, 0.2) is 0 Å². The number of aryl methyl sites for hydroxylation is 2. The van der Waals surface area contributed by atoms with Gasteiger partial charge in [0.25, 0.3) is 0 Å². The molecule has 4 atom stereocenters. The lowest BCUT2D eigenvalue weighted by Crippen LogP contribution is -2.59. The van der Waals surface area contributed by atoms with Crippen LogP contribution in [0.3, 0.4) is 0 Å². The Morgan fingerprint density at radius 2 is 1.70 bits per heavy atom. The number of amides is 1. The molecular weight excluding hydrogens is 536 g/mol. The second-order valence-electron chi connectivity index (χ2n) is 12.4. The van der Waals surface area contributed by atoms with Gasteiger partial charge in [-0.1, -0.05) is 17.7 Å². The van der Waals surface area contributed by atoms with Crippen molar-refractivity contribution in [2.24, 2.45) is 5.92 Å². The highest BCUT2D eigenvalue weighted by Crippen LogP contribution is 2.39. The molecule has 218 valence electrons. The van der Waals surface area contributed by atoms with E-state index >= 15 is 4.39 Å². The highest BCUT2D eigenvalue weighted by Gasteiger charge is 2.46. The molecule has 2 aliphatic rings. The number of carbonyl (C=O) groups is 2. The molecule has 40 heavy (non-hydrogen) atoms. The van der Waals surface area contributed by atoms with Gasteiger partial charge < -0.3 is 10.0 Å². The predicted molar refractivity (Wildman–Crippen MR) is 153 cm³/mol. The van der Waals surface area contributed by atoms with E-state index in [9.17, 15) is 19.1 Å². The topological polar surface area (TPSA) is 64.1 Å². The second-order valence-corrected chi connectivity index (χ2v) is 12.8. The van der Waals surface area contributed by atoms with Crippen molar-refractivity contribution >= 4 is 23.5 Å². The third kappa shape index (κ3) is 6.34. The third-order valence-electron chi connectivity index (χ3n) is 8.67. The summed E-state index contributed by atoms with van der Waals surface area (Å²) in [4.78, 5) is 32.4. The molecule has 1 amide bonds. The van der Waals surface area contributed by atoms with Crippen LogP contribution in [0.1, 0.15) is 55.9 Å². The Balaban J connectivity index is 1.53. The van der Waals surface area contributed by atoms with E-state index < -0.39 is 23.7 Å². The van der Waals surface area contributed by atoms with E-state index in [1.54, 1.807) is 26.0 Å². The molecule has 0 radical (unpaired) electrons. The molecule has 0 bridgehead atoms. The van der Waals surface area contributed by atoms with Crippen LogP contribution < -0.4 is 0 Å². The first kappa shape index (κ1) is 30.4. The number of likely N-dealkylation sites (tertiary alicyclic amines) is 1. The molecule has 9 heteroatoms. The van der Waals surface area contributed by atoms with Crippen molar-refractivity contribution in [1.29, 1.82) is 0 Å². The first-order chi connectivity index (χ1) is 18.7. The van der Waals surface area contributed by atoms with Crippen molar-refractivity contribution in [2.75, 3.05) is 32.7 Å². The number of carboxylic acids is 1. The van der Waals surface area contributed by atoms with E-state index in [-0.39, 0.29) is 35.6 Å². The van der Waals surface area contributed by atoms with Crippen LogP contribution in [-0.2, 0) is 16.0 Å². The van der Waals surface area contributed by atoms with Crippen molar-refractivity contribution in [2.45, 2.75) is 71.5 Å². The van der Waals surface area contributed by atoms with Gasteiger partial charge in [-0.05, 0) is 94.5 Å². The molecule has 2 heterocycles. The molecule has 0 unspecified atom stereocenters. The van der Waals surface area contributed by atoms with Gasteiger partial charge in [-0.2, -0.15) is 0 Å². The molecule has 0 aromatic heterocycles. The summed E-state index contributed by atoms with van der Waals surface area (Å²) < 4.78 is 28.9. The molecule has 0 spiro atoms. The van der Waals surface area contributed by atoms with Crippen LogP contribution in [0.2, 0.25) is 5.02 Å². The Labute approximate surface area is 240 Å². The highest BCUT2D eigenvalue weighted by molar-refractivity contribution is 6.30. The summed E-state index contributed by atoms with van der Waals surface area (Å²) in [5, 5.41) is 10.4.